The molecule has 12 heteroatoms. The number of halogens is 4. The van der Waals surface area contributed by atoms with Gasteiger partial charge in [0.25, 0.3) is 0 Å². The molecule has 2 rings (SSSR count). The number of rotatable bonds is 3. The Balaban J connectivity index is 0.00000288. The summed E-state index contributed by atoms with van der Waals surface area (Å²) < 4.78 is 66.2. The van der Waals surface area contributed by atoms with Crippen LogP contribution in [0.3, 0.4) is 0 Å². The van der Waals surface area contributed by atoms with Crippen molar-refractivity contribution in [3.63, 3.8) is 0 Å². The number of aliphatic carboxylic acids is 1. The van der Waals surface area contributed by atoms with Crippen LogP contribution in [0.4, 0.5) is 13.2 Å². The highest BCUT2D eigenvalue weighted by molar-refractivity contribution is 7.89. The normalized spacial score (nSPS) is 22.4. The number of aromatic nitrogens is 2. The van der Waals surface area contributed by atoms with Crippen molar-refractivity contribution in [3.8, 4) is 0 Å². The molecule has 2 heterocycles. The predicted molar refractivity (Wildman–Crippen MR) is 79.4 cm³/mol. The number of nitrogens with zero attached hydrogens (tertiary/aromatic N) is 3. The molecule has 1 N–H and O–H groups in total. The molecule has 1 aromatic heterocycles. The number of carboxylic acid groups (broad SMARTS) is 1. The lowest BCUT2D eigenvalue weighted by Gasteiger charge is -2.18. The second kappa shape index (κ2) is 6.52. The monoisotopic (exact) mass is 391 g/mol. The van der Waals surface area contributed by atoms with Gasteiger partial charge in [0.2, 0.25) is 10.0 Å². The number of hydrogen-bond donors (Lipinski definition) is 1. The predicted octanol–water partition coefficient (Wildman–Crippen LogP) is 1.34. The lowest BCUT2D eigenvalue weighted by atomic mass is 9.96. The number of aryl methyl sites for hydroxylation is 2. The number of carboxylic acids is 1. The van der Waals surface area contributed by atoms with E-state index in [0.717, 1.165) is 0 Å². The molecule has 1 aromatic rings. The summed E-state index contributed by atoms with van der Waals surface area (Å²) in [4.78, 5) is 10.9. The third kappa shape index (κ3) is 3.38. The zero-order valence-corrected chi connectivity index (χ0v) is 14.7. The minimum Gasteiger partial charge on any atom is -0.481 e. The van der Waals surface area contributed by atoms with Crippen molar-refractivity contribution in [1.29, 1.82) is 0 Å². The van der Waals surface area contributed by atoms with Crippen LogP contribution in [-0.2, 0) is 21.9 Å². The molecule has 1 fully saturated rings. The van der Waals surface area contributed by atoms with Crippen LogP contribution in [0.2, 0.25) is 0 Å². The van der Waals surface area contributed by atoms with Crippen molar-refractivity contribution in [1.82, 2.24) is 14.1 Å². The minimum atomic E-state index is -4.79. The maximum Gasteiger partial charge on any atom is 0.393 e. The second-order valence-corrected chi connectivity index (χ2v) is 7.41. The molecule has 0 bridgehead atoms. The Morgan fingerprint density at radius 3 is 2.17 bits per heavy atom. The van der Waals surface area contributed by atoms with E-state index in [4.69, 9.17) is 5.11 Å². The fourth-order valence-electron chi connectivity index (χ4n) is 2.80. The molecule has 7 nitrogen and oxygen atoms in total. The summed E-state index contributed by atoms with van der Waals surface area (Å²) in [5, 5.41) is 12.9. The molecule has 1 aliphatic rings. The largest absolute Gasteiger partial charge is 0.481 e. The van der Waals surface area contributed by atoms with Crippen LogP contribution < -0.4 is 0 Å². The molecular formula is C12H17ClF3N3O4S. The summed E-state index contributed by atoms with van der Waals surface area (Å²) in [7, 11) is -2.73. The molecule has 0 unspecified atom stereocenters. The Labute approximate surface area is 142 Å². The summed E-state index contributed by atoms with van der Waals surface area (Å²) >= 11 is 0. The van der Waals surface area contributed by atoms with Crippen molar-refractivity contribution < 1.29 is 31.5 Å². The standard InChI is InChI=1S/C12H16F3N3O4S.ClH/c1-6-10(7(2)17(3)16-6)23(21,22)18-4-8(11(19)20)9(5-18)12(13,14)15;/h8-9H,4-5H2,1-3H3,(H,19,20);1H/t8-,9-;/m1./s1. The molecule has 0 aliphatic carbocycles. The van der Waals surface area contributed by atoms with E-state index >= 15 is 0 Å². The number of sulfonamides is 1. The Morgan fingerprint density at radius 2 is 1.83 bits per heavy atom. The number of carbonyl (C=O) groups is 1. The van der Waals surface area contributed by atoms with Gasteiger partial charge in [-0.3, -0.25) is 9.48 Å². The summed E-state index contributed by atoms with van der Waals surface area (Å²) in [5.41, 5.74) is 0.442. The van der Waals surface area contributed by atoms with Crippen molar-refractivity contribution >= 4 is 28.4 Å². The zero-order chi connectivity index (χ0) is 17.7. The molecule has 0 saturated carbocycles. The maximum atomic E-state index is 13.0. The highest BCUT2D eigenvalue weighted by atomic mass is 35.5. The Morgan fingerprint density at radius 1 is 1.29 bits per heavy atom. The van der Waals surface area contributed by atoms with Gasteiger partial charge in [0.1, 0.15) is 4.90 Å². The molecule has 2 atom stereocenters. The Hall–Kier alpha value is -1.33. The van der Waals surface area contributed by atoms with Gasteiger partial charge >= 0.3 is 12.1 Å². The lowest BCUT2D eigenvalue weighted by molar-refractivity contribution is -0.187. The average molecular weight is 392 g/mol. The molecular weight excluding hydrogens is 375 g/mol. The van der Waals surface area contributed by atoms with E-state index in [2.05, 4.69) is 5.10 Å². The van der Waals surface area contributed by atoms with Crippen molar-refractivity contribution in [2.45, 2.75) is 24.9 Å². The van der Waals surface area contributed by atoms with Gasteiger partial charge in [0.15, 0.2) is 0 Å². The zero-order valence-electron chi connectivity index (χ0n) is 13.0. The molecule has 24 heavy (non-hydrogen) atoms. The van der Waals surface area contributed by atoms with Gasteiger partial charge in [-0.15, -0.1) is 12.4 Å². The average Bonchev–Trinajstić information content (AvgIpc) is 2.92. The molecule has 1 saturated heterocycles. The first-order valence-electron chi connectivity index (χ1n) is 6.67. The van der Waals surface area contributed by atoms with E-state index in [1.807, 2.05) is 0 Å². The van der Waals surface area contributed by atoms with Gasteiger partial charge in [-0.2, -0.15) is 22.6 Å². The first-order valence-corrected chi connectivity index (χ1v) is 8.11. The van der Waals surface area contributed by atoms with Gasteiger partial charge in [0, 0.05) is 20.1 Å². The topological polar surface area (TPSA) is 92.5 Å². The first kappa shape index (κ1) is 20.7. The summed E-state index contributed by atoms with van der Waals surface area (Å²) in [6, 6.07) is 0. The van der Waals surface area contributed by atoms with Crippen LogP contribution in [0.5, 0.6) is 0 Å². The SMILES string of the molecule is Cc1nn(C)c(C)c1S(=O)(=O)N1C[C@@H](C(F)(F)F)[C@H](C(=O)O)C1.Cl. The van der Waals surface area contributed by atoms with Gasteiger partial charge < -0.3 is 5.11 Å². The lowest BCUT2D eigenvalue weighted by Crippen LogP contribution is -2.34. The van der Waals surface area contributed by atoms with Crippen LogP contribution in [0.25, 0.3) is 0 Å². The third-order valence-electron chi connectivity index (χ3n) is 4.06. The third-order valence-corrected chi connectivity index (χ3v) is 6.15. The molecule has 0 aromatic carbocycles. The van der Waals surface area contributed by atoms with Crippen LogP contribution >= 0.6 is 12.4 Å². The first-order chi connectivity index (χ1) is 10.4. The van der Waals surface area contributed by atoms with Gasteiger partial charge in [0.05, 0.1) is 23.2 Å². The summed E-state index contributed by atoms with van der Waals surface area (Å²) in [6.45, 7) is 1.30. The van der Waals surface area contributed by atoms with Crippen LogP contribution in [-0.4, -0.2) is 52.8 Å². The highest BCUT2D eigenvalue weighted by Crippen LogP contribution is 2.40. The molecule has 0 amide bonds. The van der Waals surface area contributed by atoms with Crippen molar-refractivity contribution in [3.05, 3.63) is 11.4 Å². The van der Waals surface area contributed by atoms with Crippen LogP contribution in [0.1, 0.15) is 11.4 Å². The minimum absolute atomic E-state index is 0. The van der Waals surface area contributed by atoms with E-state index in [-0.39, 0.29) is 28.7 Å². The van der Waals surface area contributed by atoms with Crippen LogP contribution in [0.15, 0.2) is 4.90 Å². The van der Waals surface area contributed by atoms with E-state index in [9.17, 15) is 26.4 Å². The van der Waals surface area contributed by atoms with Gasteiger partial charge in [-0.05, 0) is 13.8 Å². The fraction of sp³-hybridized carbons (Fsp3) is 0.667. The number of hydrogen-bond acceptors (Lipinski definition) is 4. The Bertz CT molecular complexity index is 747. The van der Waals surface area contributed by atoms with Gasteiger partial charge in [-0.1, -0.05) is 0 Å². The summed E-state index contributed by atoms with van der Waals surface area (Å²) in [6.07, 6.45) is -4.79. The van der Waals surface area contributed by atoms with Crippen molar-refractivity contribution in [2.75, 3.05) is 13.1 Å². The van der Waals surface area contributed by atoms with E-state index < -0.39 is 47.1 Å². The van der Waals surface area contributed by atoms with Gasteiger partial charge in [-0.25, -0.2) is 8.42 Å². The summed E-state index contributed by atoms with van der Waals surface area (Å²) in [5.74, 6) is -5.71. The maximum absolute atomic E-state index is 13.0. The quantitative estimate of drug-likeness (QED) is 0.839. The van der Waals surface area contributed by atoms with Crippen molar-refractivity contribution in [2.24, 2.45) is 18.9 Å². The second-order valence-electron chi connectivity index (χ2n) is 5.54. The molecule has 0 spiro atoms. The fourth-order valence-corrected chi connectivity index (χ4v) is 4.69. The Kier molecular flexibility index (Phi) is 5.63. The van der Waals surface area contributed by atoms with E-state index in [1.165, 1.54) is 25.6 Å². The van der Waals surface area contributed by atoms with Crippen LogP contribution in [0, 0.1) is 25.7 Å². The van der Waals surface area contributed by atoms with E-state index in [0.29, 0.717) is 4.31 Å². The molecule has 1 aliphatic heterocycles. The van der Waals surface area contributed by atoms with E-state index in [1.54, 1.807) is 0 Å². The highest BCUT2D eigenvalue weighted by Gasteiger charge is 2.55. The molecule has 138 valence electrons. The smallest absolute Gasteiger partial charge is 0.393 e. The molecule has 0 radical (unpaired) electrons. The number of alkyl halides is 3.